The zero-order valence-corrected chi connectivity index (χ0v) is 13.6. The third-order valence-corrected chi connectivity index (χ3v) is 3.63. The van der Waals surface area contributed by atoms with E-state index in [0.29, 0.717) is 5.69 Å². The summed E-state index contributed by atoms with van der Waals surface area (Å²) in [5.74, 6) is 0. The Kier molecular flexibility index (Phi) is 5.26. The predicted octanol–water partition coefficient (Wildman–Crippen LogP) is 5.39. The molecule has 0 aliphatic carbocycles. The molecule has 0 aromatic heterocycles. The van der Waals surface area contributed by atoms with Crippen LogP contribution >= 0.6 is 12.2 Å². The van der Waals surface area contributed by atoms with E-state index in [1.54, 1.807) is 6.07 Å². The first-order valence-electron chi connectivity index (χ1n) is 7.15. The Hall–Kier alpha value is -2.08. The lowest BCUT2D eigenvalue weighted by Crippen LogP contribution is -2.21. The summed E-state index contributed by atoms with van der Waals surface area (Å²) < 4.78 is 38.2. The van der Waals surface area contributed by atoms with Crippen molar-refractivity contribution in [3.8, 4) is 0 Å². The van der Waals surface area contributed by atoms with Gasteiger partial charge in [-0.2, -0.15) is 13.2 Å². The van der Waals surface area contributed by atoms with E-state index in [1.165, 1.54) is 6.07 Å². The molecule has 23 heavy (non-hydrogen) atoms. The molecule has 2 nitrogen and oxygen atoms in total. The molecule has 6 heteroatoms. The molecule has 2 N–H and O–H groups in total. The summed E-state index contributed by atoms with van der Waals surface area (Å²) in [5, 5.41) is 6.13. The van der Waals surface area contributed by atoms with Gasteiger partial charge in [-0.1, -0.05) is 31.2 Å². The van der Waals surface area contributed by atoms with Crippen molar-refractivity contribution >= 4 is 28.7 Å². The SMILES string of the molecule is CCc1cccc(C)c1NC(=S)Nc1cccc(C(F)(F)F)c1. The Balaban J connectivity index is 2.15. The second-order valence-electron chi connectivity index (χ2n) is 5.12. The van der Waals surface area contributed by atoms with Gasteiger partial charge in [-0.25, -0.2) is 0 Å². The van der Waals surface area contributed by atoms with Crippen LogP contribution in [0.2, 0.25) is 0 Å². The summed E-state index contributed by atoms with van der Waals surface area (Å²) in [7, 11) is 0. The van der Waals surface area contributed by atoms with E-state index < -0.39 is 11.7 Å². The molecule has 2 aromatic rings. The molecule has 0 atom stereocenters. The van der Waals surface area contributed by atoms with Crippen LogP contribution in [0.1, 0.15) is 23.6 Å². The number of rotatable bonds is 3. The Morgan fingerprint density at radius 3 is 2.43 bits per heavy atom. The van der Waals surface area contributed by atoms with Crippen molar-refractivity contribution in [1.82, 2.24) is 0 Å². The van der Waals surface area contributed by atoms with E-state index >= 15 is 0 Å². The van der Waals surface area contributed by atoms with Gasteiger partial charge in [-0.3, -0.25) is 0 Å². The van der Waals surface area contributed by atoms with Crippen LogP contribution in [0.15, 0.2) is 42.5 Å². The molecule has 2 rings (SSSR count). The smallest absolute Gasteiger partial charge is 0.332 e. The lowest BCUT2D eigenvalue weighted by molar-refractivity contribution is -0.137. The van der Waals surface area contributed by atoms with E-state index in [4.69, 9.17) is 12.2 Å². The normalized spacial score (nSPS) is 11.2. The molecule has 0 aliphatic rings. The summed E-state index contributed by atoms with van der Waals surface area (Å²) in [4.78, 5) is 0. The Bertz CT molecular complexity index is 711. The molecule has 0 amide bonds. The molecule has 0 spiro atoms. The van der Waals surface area contributed by atoms with Crippen molar-refractivity contribution in [3.05, 3.63) is 59.2 Å². The number of nitrogens with one attached hydrogen (secondary N) is 2. The van der Waals surface area contributed by atoms with Gasteiger partial charge in [0.15, 0.2) is 5.11 Å². The van der Waals surface area contributed by atoms with E-state index in [1.807, 2.05) is 32.0 Å². The molecule has 0 saturated carbocycles. The third kappa shape index (κ3) is 4.45. The van der Waals surface area contributed by atoms with Gasteiger partial charge in [0, 0.05) is 11.4 Å². The standard InChI is InChI=1S/C17H17F3N2S/c1-3-12-7-4-6-11(2)15(12)22-16(23)21-14-9-5-8-13(10-14)17(18,19)20/h4-10H,3H2,1-2H3,(H2,21,22,23). The van der Waals surface area contributed by atoms with Crippen LogP contribution in [0.4, 0.5) is 24.5 Å². The van der Waals surface area contributed by atoms with Crippen LogP contribution in [-0.4, -0.2) is 5.11 Å². The zero-order valence-electron chi connectivity index (χ0n) is 12.8. The van der Waals surface area contributed by atoms with Crippen LogP contribution in [0.25, 0.3) is 0 Å². The first kappa shape index (κ1) is 17.3. The molecular formula is C17H17F3N2S. The summed E-state index contributed by atoms with van der Waals surface area (Å²) in [6.07, 6.45) is -3.55. The number of halogens is 3. The minimum atomic E-state index is -4.38. The molecule has 0 radical (unpaired) electrons. The zero-order chi connectivity index (χ0) is 17.0. The molecule has 0 heterocycles. The van der Waals surface area contributed by atoms with Gasteiger partial charge in [-0.05, 0) is 54.9 Å². The minimum absolute atomic E-state index is 0.258. The number of para-hydroxylation sites is 1. The fraction of sp³-hybridized carbons (Fsp3) is 0.235. The van der Waals surface area contributed by atoms with Crippen molar-refractivity contribution in [2.75, 3.05) is 10.6 Å². The lowest BCUT2D eigenvalue weighted by Gasteiger charge is -2.16. The average molecular weight is 338 g/mol. The van der Waals surface area contributed by atoms with Gasteiger partial charge in [0.2, 0.25) is 0 Å². The summed E-state index contributed by atoms with van der Waals surface area (Å²) in [6.45, 7) is 3.98. The first-order valence-corrected chi connectivity index (χ1v) is 7.56. The van der Waals surface area contributed by atoms with E-state index in [9.17, 15) is 13.2 Å². The molecule has 0 saturated heterocycles. The largest absolute Gasteiger partial charge is 0.416 e. The fourth-order valence-electron chi connectivity index (χ4n) is 2.25. The van der Waals surface area contributed by atoms with E-state index in [2.05, 4.69) is 10.6 Å². The molecule has 0 aliphatic heterocycles. The van der Waals surface area contributed by atoms with Crippen LogP contribution in [-0.2, 0) is 12.6 Å². The van der Waals surface area contributed by atoms with Crippen molar-refractivity contribution in [2.24, 2.45) is 0 Å². The number of thiocarbonyl (C=S) groups is 1. The maximum atomic E-state index is 12.7. The number of aryl methyl sites for hydroxylation is 2. The van der Waals surface area contributed by atoms with Gasteiger partial charge < -0.3 is 10.6 Å². The van der Waals surface area contributed by atoms with Crippen LogP contribution < -0.4 is 10.6 Å². The maximum Gasteiger partial charge on any atom is 0.416 e. The summed E-state index contributed by atoms with van der Waals surface area (Å²) in [6, 6.07) is 10.9. The highest BCUT2D eigenvalue weighted by Crippen LogP contribution is 2.30. The fourth-order valence-corrected chi connectivity index (χ4v) is 2.47. The first-order chi connectivity index (χ1) is 10.8. The Labute approximate surface area is 138 Å². The van der Waals surface area contributed by atoms with Gasteiger partial charge in [0.25, 0.3) is 0 Å². The van der Waals surface area contributed by atoms with Crippen LogP contribution in [0.5, 0.6) is 0 Å². The molecular weight excluding hydrogens is 321 g/mol. The van der Waals surface area contributed by atoms with Gasteiger partial charge in [0.1, 0.15) is 0 Å². The van der Waals surface area contributed by atoms with Crippen molar-refractivity contribution in [1.29, 1.82) is 0 Å². The monoisotopic (exact) mass is 338 g/mol. The molecule has 122 valence electrons. The van der Waals surface area contributed by atoms with Crippen LogP contribution in [0, 0.1) is 6.92 Å². The van der Waals surface area contributed by atoms with Crippen molar-refractivity contribution < 1.29 is 13.2 Å². The van der Waals surface area contributed by atoms with Crippen LogP contribution in [0.3, 0.4) is 0 Å². The predicted molar refractivity (Wildman–Crippen MR) is 91.8 cm³/mol. The lowest BCUT2D eigenvalue weighted by atomic mass is 10.1. The van der Waals surface area contributed by atoms with Gasteiger partial charge >= 0.3 is 6.18 Å². The molecule has 2 aromatic carbocycles. The quantitative estimate of drug-likeness (QED) is 0.734. The second kappa shape index (κ2) is 7.00. The highest BCUT2D eigenvalue weighted by Gasteiger charge is 2.30. The minimum Gasteiger partial charge on any atom is -0.332 e. The van der Waals surface area contributed by atoms with Crippen molar-refractivity contribution in [2.45, 2.75) is 26.4 Å². The van der Waals surface area contributed by atoms with Gasteiger partial charge in [-0.15, -0.1) is 0 Å². The highest BCUT2D eigenvalue weighted by molar-refractivity contribution is 7.80. The number of hydrogen-bond acceptors (Lipinski definition) is 1. The summed E-state index contributed by atoms with van der Waals surface area (Å²) in [5.41, 5.74) is 2.59. The topological polar surface area (TPSA) is 24.1 Å². The third-order valence-electron chi connectivity index (χ3n) is 3.43. The maximum absolute atomic E-state index is 12.7. The van der Waals surface area contributed by atoms with E-state index in [0.717, 1.165) is 35.4 Å². The average Bonchev–Trinajstić information content (AvgIpc) is 2.48. The number of hydrogen-bond donors (Lipinski definition) is 2. The molecule has 0 fully saturated rings. The summed E-state index contributed by atoms with van der Waals surface area (Å²) >= 11 is 5.22. The molecule has 0 bridgehead atoms. The Morgan fingerprint density at radius 1 is 1.09 bits per heavy atom. The highest BCUT2D eigenvalue weighted by atomic mass is 32.1. The molecule has 0 unspecified atom stereocenters. The van der Waals surface area contributed by atoms with E-state index in [-0.39, 0.29) is 5.11 Å². The second-order valence-corrected chi connectivity index (χ2v) is 5.53. The van der Waals surface area contributed by atoms with Gasteiger partial charge in [0.05, 0.1) is 5.56 Å². The Morgan fingerprint density at radius 2 is 1.78 bits per heavy atom. The number of alkyl halides is 3. The number of anilines is 2. The number of benzene rings is 2. The van der Waals surface area contributed by atoms with Crippen molar-refractivity contribution in [3.63, 3.8) is 0 Å².